The summed E-state index contributed by atoms with van der Waals surface area (Å²) in [5, 5.41) is 9.30. The third kappa shape index (κ3) is 4.92. The molecule has 15 heavy (non-hydrogen) atoms. The SMILES string of the molecule is C=CCONC(=O)c1ccccc1O.[H-].[K+]. The number of hydrogen-bond acceptors (Lipinski definition) is 3. The van der Waals surface area contributed by atoms with E-state index in [1.165, 1.54) is 18.2 Å². The number of aromatic hydroxyl groups is 1. The Kier molecular flexibility index (Phi) is 7.94. The van der Waals surface area contributed by atoms with Gasteiger partial charge in [0.05, 0.1) is 12.2 Å². The van der Waals surface area contributed by atoms with Crippen molar-refractivity contribution >= 4 is 5.91 Å². The summed E-state index contributed by atoms with van der Waals surface area (Å²) in [4.78, 5) is 16.0. The summed E-state index contributed by atoms with van der Waals surface area (Å²) in [5.74, 6) is -0.558. The zero-order chi connectivity index (χ0) is 10.4. The maximum Gasteiger partial charge on any atom is 1.00 e. The van der Waals surface area contributed by atoms with Gasteiger partial charge in [-0.3, -0.25) is 9.63 Å². The average Bonchev–Trinajstić information content (AvgIpc) is 2.18. The molecule has 1 aromatic carbocycles. The molecular formula is C10H12KNO3. The van der Waals surface area contributed by atoms with E-state index in [4.69, 9.17) is 4.84 Å². The van der Waals surface area contributed by atoms with Crippen LogP contribution >= 0.6 is 0 Å². The molecule has 1 rings (SSSR count). The van der Waals surface area contributed by atoms with Crippen molar-refractivity contribution in [3.05, 3.63) is 42.5 Å². The number of benzene rings is 1. The fraction of sp³-hybridized carbons (Fsp3) is 0.100. The van der Waals surface area contributed by atoms with Crippen molar-refractivity contribution in [1.82, 2.24) is 5.48 Å². The Balaban J connectivity index is 0. The van der Waals surface area contributed by atoms with Crippen LogP contribution in [0.2, 0.25) is 0 Å². The third-order valence-corrected chi connectivity index (χ3v) is 1.51. The van der Waals surface area contributed by atoms with Crippen LogP contribution in [0.4, 0.5) is 0 Å². The van der Waals surface area contributed by atoms with Crippen LogP contribution in [-0.4, -0.2) is 17.6 Å². The first kappa shape index (κ1) is 14.8. The second-order valence-corrected chi connectivity index (χ2v) is 2.55. The molecule has 1 aromatic rings. The minimum Gasteiger partial charge on any atom is -1.00 e. The molecule has 76 valence electrons. The van der Waals surface area contributed by atoms with Crippen molar-refractivity contribution in [2.75, 3.05) is 6.61 Å². The molecular weight excluding hydrogens is 221 g/mol. The number of nitrogens with one attached hydrogen (secondary N) is 1. The summed E-state index contributed by atoms with van der Waals surface area (Å²) in [7, 11) is 0. The van der Waals surface area contributed by atoms with Crippen LogP contribution in [0, 0.1) is 0 Å². The van der Waals surface area contributed by atoms with Gasteiger partial charge in [0.25, 0.3) is 5.91 Å². The molecule has 0 unspecified atom stereocenters. The molecule has 0 aliphatic rings. The first-order valence-electron chi connectivity index (χ1n) is 4.06. The van der Waals surface area contributed by atoms with Gasteiger partial charge in [-0.05, 0) is 12.1 Å². The van der Waals surface area contributed by atoms with E-state index < -0.39 is 5.91 Å². The maximum absolute atomic E-state index is 11.3. The van der Waals surface area contributed by atoms with E-state index in [9.17, 15) is 9.90 Å². The largest absolute Gasteiger partial charge is 1.00 e. The van der Waals surface area contributed by atoms with Gasteiger partial charge in [-0.15, -0.1) is 6.58 Å². The molecule has 4 nitrogen and oxygen atoms in total. The van der Waals surface area contributed by atoms with Crippen molar-refractivity contribution in [3.8, 4) is 5.75 Å². The molecule has 0 atom stereocenters. The first-order chi connectivity index (χ1) is 6.75. The Hall–Kier alpha value is -0.174. The monoisotopic (exact) mass is 233 g/mol. The second kappa shape index (κ2) is 8.03. The molecule has 0 spiro atoms. The number of phenolic OH excluding ortho intramolecular Hbond substituents is 1. The molecule has 2 N–H and O–H groups in total. The molecule has 0 aliphatic heterocycles. The summed E-state index contributed by atoms with van der Waals surface area (Å²) >= 11 is 0. The topological polar surface area (TPSA) is 58.6 Å². The van der Waals surface area contributed by atoms with Crippen LogP contribution in [-0.2, 0) is 4.84 Å². The van der Waals surface area contributed by atoms with Crippen LogP contribution in [0.3, 0.4) is 0 Å². The molecule has 0 aromatic heterocycles. The molecule has 1 amide bonds. The molecule has 0 heterocycles. The number of phenols is 1. The maximum atomic E-state index is 11.3. The van der Waals surface area contributed by atoms with Crippen molar-refractivity contribution < 1.29 is 67.5 Å². The fourth-order valence-corrected chi connectivity index (χ4v) is 0.887. The molecule has 0 saturated carbocycles. The number of para-hydroxylation sites is 1. The summed E-state index contributed by atoms with van der Waals surface area (Å²) in [6.45, 7) is 3.64. The van der Waals surface area contributed by atoms with Gasteiger partial charge in [-0.2, -0.15) is 0 Å². The van der Waals surface area contributed by atoms with Crippen molar-refractivity contribution in [3.63, 3.8) is 0 Å². The molecule has 5 heteroatoms. The zero-order valence-electron chi connectivity index (χ0n) is 9.56. The minimum atomic E-state index is -0.482. The summed E-state index contributed by atoms with van der Waals surface area (Å²) in [5.41, 5.74) is 2.35. The average molecular weight is 233 g/mol. The first-order valence-corrected chi connectivity index (χ1v) is 4.06. The number of hydrogen-bond donors (Lipinski definition) is 2. The van der Waals surface area contributed by atoms with Gasteiger partial charge in [0.2, 0.25) is 0 Å². The van der Waals surface area contributed by atoms with E-state index in [2.05, 4.69) is 12.1 Å². The van der Waals surface area contributed by atoms with Gasteiger partial charge >= 0.3 is 51.4 Å². The Bertz CT molecular complexity index is 347. The summed E-state index contributed by atoms with van der Waals surface area (Å²) in [6, 6.07) is 6.23. The van der Waals surface area contributed by atoms with Crippen LogP contribution < -0.4 is 56.9 Å². The van der Waals surface area contributed by atoms with Gasteiger partial charge in [-0.25, -0.2) is 5.48 Å². The summed E-state index contributed by atoms with van der Waals surface area (Å²) < 4.78 is 0. The van der Waals surface area contributed by atoms with Crippen LogP contribution in [0.5, 0.6) is 5.75 Å². The van der Waals surface area contributed by atoms with Crippen molar-refractivity contribution in [2.24, 2.45) is 0 Å². The molecule has 0 bridgehead atoms. The number of hydroxylamine groups is 1. The summed E-state index contributed by atoms with van der Waals surface area (Å²) in [6.07, 6.45) is 1.51. The van der Waals surface area contributed by atoms with Gasteiger partial charge in [0.1, 0.15) is 5.75 Å². The molecule has 0 saturated heterocycles. The second-order valence-electron chi connectivity index (χ2n) is 2.55. The van der Waals surface area contributed by atoms with Crippen molar-refractivity contribution in [2.45, 2.75) is 0 Å². The minimum absolute atomic E-state index is 0. The van der Waals surface area contributed by atoms with E-state index in [1.807, 2.05) is 0 Å². The van der Waals surface area contributed by atoms with E-state index in [0.29, 0.717) is 0 Å². The molecule has 0 aliphatic carbocycles. The number of rotatable bonds is 4. The van der Waals surface area contributed by atoms with Gasteiger partial charge in [0.15, 0.2) is 0 Å². The standard InChI is InChI=1S/C10H11NO3.K.H/c1-2-7-14-11-10(13)8-5-3-4-6-9(8)12;;/h2-6,12H,1,7H2,(H,11,13);;/q;+1;-1. The fourth-order valence-electron chi connectivity index (χ4n) is 0.887. The van der Waals surface area contributed by atoms with Crippen LogP contribution in [0.25, 0.3) is 0 Å². The van der Waals surface area contributed by atoms with E-state index in [0.717, 1.165) is 0 Å². The number of amides is 1. The Morgan fingerprint density at radius 1 is 1.60 bits per heavy atom. The zero-order valence-corrected chi connectivity index (χ0v) is 11.7. The predicted molar refractivity (Wildman–Crippen MR) is 52.8 cm³/mol. The Labute approximate surface area is 132 Å². The van der Waals surface area contributed by atoms with Crippen LogP contribution in [0.15, 0.2) is 36.9 Å². The smallest absolute Gasteiger partial charge is 1.00 e. The Morgan fingerprint density at radius 2 is 2.27 bits per heavy atom. The van der Waals surface area contributed by atoms with Crippen molar-refractivity contribution in [1.29, 1.82) is 0 Å². The quantitative estimate of drug-likeness (QED) is 0.284. The number of carbonyl (C=O) groups is 1. The van der Waals surface area contributed by atoms with Gasteiger partial charge in [-0.1, -0.05) is 18.2 Å². The van der Waals surface area contributed by atoms with E-state index >= 15 is 0 Å². The molecule has 0 radical (unpaired) electrons. The predicted octanol–water partition coefficient (Wildman–Crippen LogP) is -1.64. The third-order valence-electron chi connectivity index (χ3n) is 1.51. The van der Waals surface area contributed by atoms with E-state index in [-0.39, 0.29) is 70.7 Å². The number of carbonyl (C=O) groups excluding carboxylic acids is 1. The molecule has 0 fully saturated rings. The van der Waals surface area contributed by atoms with Crippen LogP contribution in [0.1, 0.15) is 11.8 Å². The van der Waals surface area contributed by atoms with Gasteiger partial charge in [0, 0.05) is 0 Å². The van der Waals surface area contributed by atoms with Gasteiger partial charge < -0.3 is 6.53 Å². The Morgan fingerprint density at radius 3 is 2.87 bits per heavy atom. The normalized spacial score (nSPS) is 8.80. The van der Waals surface area contributed by atoms with E-state index in [1.54, 1.807) is 12.1 Å².